The van der Waals surface area contributed by atoms with Gasteiger partial charge in [0.15, 0.2) is 0 Å². The maximum atomic E-state index is 10.4. The van der Waals surface area contributed by atoms with Crippen LogP contribution in [0.1, 0.15) is 19.8 Å². The monoisotopic (exact) mass is 146 g/mol. The average Bonchev–Trinajstić information content (AvgIpc) is 1.87. The van der Waals surface area contributed by atoms with Crippen LogP contribution in [0.25, 0.3) is 0 Å². The van der Waals surface area contributed by atoms with E-state index in [9.17, 15) is 4.79 Å². The van der Waals surface area contributed by atoms with Crippen LogP contribution >= 0.6 is 0 Å². The molecule has 0 aliphatic carbocycles. The lowest BCUT2D eigenvalue weighted by atomic mass is 10.1. The Hall–Kier alpha value is -0.610. The fourth-order valence-electron chi connectivity index (χ4n) is 0.665. The molecule has 0 aromatic carbocycles. The molecule has 0 aliphatic heterocycles. The molecule has 0 aromatic heterocycles. The number of carbonyl (C=O) groups excluding carboxylic acids is 1. The van der Waals surface area contributed by atoms with Gasteiger partial charge in [-0.3, -0.25) is 4.79 Å². The summed E-state index contributed by atoms with van der Waals surface area (Å²) in [5, 5.41) is 9.06. The van der Waals surface area contributed by atoms with Crippen LogP contribution in [0.3, 0.4) is 0 Å². The van der Waals surface area contributed by atoms with Gasteiger partial charge in [-0.05, 0) is 6.42 Å². The zero-order valence-electron chi connectivity index (χ0n) is 6.08. The first-order valence-corrected chi connectivity index (χ1v) is 3.32. The lowest BCUT2D eigenvalue weighted by Crippen LogP contribution is -2.45. The van der Waals surface area contributed by atoms with E-state index in [2.05, 4.69) is 0 Å². The fourth-order valence-corrected chi connectivity index (χ4v) is 0.665. The van der Waals surface area contributed by atoms with Gasteiger partial charge in [0, 0.05) is 0 Å². The van der Waals surface area contributed by atoms with Crippen molar-refractivity contribution < 1.29 is 9.90 Å². The van der Waals surface area contributed by atoms with Crippen molar-refractivity contribution in [1.82, 2.24) is 0 Å². The lowest BCUT2D eigenvalue weighted by molar-refractivity contribution is -0.121. The van der Waals surface area contributed by atoms with Crippen molar-refractivity contribution in [2.24, 2.45) is 11.5 Å². The summed E-state index contributed by atoms with van der Waals surface area (Å²) in [6.07, 6.45) is 0.522. The Morgan fingerprint density at radius 3 is 2.50 bits per heavy atom. The van der Waals surface area contributed by atoms with Gasteiger partial charge in [0.25, 0.3) is 0 Å². The van der Waals surface area contributed by atoms with Crippen molar-refractivity contribution in [3.63, 3.8) is 0 Å². The summed E-state index contributed by atoms with van der Waals surface area (Å²) in [6.45, 7) is 1.90. The van der Waals surface area contributed by atoms with E-state index < -0.39 is 18.1 Å². The minimum atomic E-state index is -0.917. The Kier molecular flexibility index (Phi) is 3.99. The van der Waals surface area contributed by atoms with Crippen LogP contribution in [0.5, 0.6) is 0 Å². The van der Waals surface area contributed by atoms with E-state index in [1.807, 2.05) is 6.92 Å². The van der Waals surface area contributed by atoms with Crippen LogP contribution in [-0.4, -0.2) is 23.2 Å². The molecular formula is C6H14N2O2. The molecule has 2 atom stereocenters. The normalized spacial score (nSPS) is 16.3. The van der Waals surface area contributed by atoms with Gasteiger partial charge in [-0.1, -0.05) is 13.3 Å². The molecular weight excluding hydrogens is 132 g/mol. The molecule has 0 heterocycles. The third-order valence-corrected chi connectivity index (χ3v) is 1.33. The number of hydrogen-bond acceptors (Lipinski definition) is 3. The van der Waals surface area contributed by atoms with E-state index in [0.29, 0.717) is 6.42 Å². The first-order chi connectivity index (χ1) is 4.59. The first kappa shape index (κ1) is 9.39. The quantitative estimate of drug-likeness (QED) is 0.473. The molecule has 0 aromatic rings. The van der Waals surface area contributed by atoms with E-state index in [1.165, 1.54) is 0 Å². The topological polar surface area (TPSA) is 89.3 Å². The Bertz CT molecular complexity index is 116. The van der Waals surface area contributed by atoms with Gasteiger partial charge in [-0.2, -0.15) is 0 Å². The van der Waals surface area contributed by atoms with Crippen molar-refractivity contribution in [3.8, 4) is 0 Å². The molecule has 5 N–H and O–H groups in total. The molecule has 0 fully saturated rings. The predicted octanol–water partition coefficient (Wildman–Crippen LogP) is -1.04. The first-order valence-electron chi connectivity index (χ1n) is 3.32. The second-order valence-corrected chi connectivity index (χ2v) is 2.28. The van der Waals surface area contributed by atoms with E-state index in [0.717, 1.165) is 6.42 Å². The highest BCUT2D eigenvalue weighted by atomic mass is 16.3. The van der Waals surface area contributed by atoms with Crippen LogP contribution in [0.2, 0.25) is 0 Å². The van der Waals surface area contributed by atoms with E-state index >= 15 is 0 Å². The van der Waals surface area contributed by atoms with E-state index in [1.54, 1.807) is 0 Å². The van der Waals surface area contributed by atoms with E-state index in [4.69, 9.17) is 16.6 Å². The minimum Gasteiger partial charge on any atom is -0.391 e. The number of rotatable bonds is 4. The molecule has 0 bridgehead atoms. The Morgan fingerprint density at radius 1 is 1.70 bits per heavy atom. The van der Waals surface area contributed by atoms with Gasteiger partial charge in [0.1, 0.15) is 6.04 Å². The highest BCUT2D eigenvalue weighted by Crippen LogP contribution is 1.98. The number of amides is 1. The molecule has 0 saturated carbocycles. The number of aliphatic hydroxyl groups excluding tert-OH is 1. The highest BCUT2D eigenvalue weighted by molar-refractivity contribution is 5.80. The van der Waals surface area contributed by atoms with Crippen molar-refractivity contribution in [2.45, 2.75) is 31.9 Å². The van der Waals surface area contributed by atoms with Crippen molar-refractivity contribution in [2.75, 3.05) is 0 Å². The third kappa shape index (κ3) is 2.80. The number of aliphatic hydroxyl groups is 1. The second kappa shape index (κ2) is 4.24. The Labute approximate surface area is 60.2 Å². The predicted molar refractivity (Wildman–Crippen MR) is 38.1 cm³/mol. The fraction of sp³-hybridized carbons (Fsp3) is 0.833. The van der Waals surface area contributed by atoms with Crippen molar-refractivity contribution in [1.29, 1.82) is 0 Å². The maximum Gasteiger partial charge on any atom is 0.237 e. The van der Waals surface area contributed by atoms with Gasteiger partial charge in [-0.15, -0.1) is 0 Å². The van der Waals surface area contributed by atoms with Crippen molar-refractivity contribution in [3.05, 3.63) is 0 Å². The summed E-state index contributed by atoms with van der Waals surface area (Å²) in [4.78, 5) is 10.4. The van der Waals surface area contributed by atoms with Crippen LogP contribution in [-0.2, 0) is 4.79 Å². The Morgan fingerprint density at radius 2 is 2.20 bits per heavy atom. The highest BCUT2D eigenvalue weighted by Gasteiger charge is 2.18. The molecule has 0 rings (SSSR count). The molecule has 10 heavy (non-hydrogen) atoms. The summed E-state index contributed by atoms with van der Waals surface area (Å²) in [5.41, 5.74) is 10.1. The van der Waals surface area contributed by atoms with E-state index in [-0.39, 0.29) is 0 Å². The zero-order valence-corrected chi connectivity index (χ0v) is 6.08. The molecule has 0 unspecified atom stereocenters. The maximum absolute atomic E-state index is 10.4. The summed E-state index contributed by atoms with van der Waals surface area (Å²) in [5.74, 6) is -0.652. The summed E-state index contributed by atoms with van der Waals surface area (Å²) >= 11 is 0. The number of hydrogen-bond donors (Lipinski definition) is 3. The molecule has 0 aliphatic rings. The van der Waals surface area contributed by atoms with Gasteiger partial charge >= 0.3 is 0 Å². The third-order valence-electron chi connectivity index (χ3n) is 1.33. The van der Waals surface area contributed by atoms with Gasteiger partial charge < -0.3 is 16.6 Å². The smallest absolute Gasteiger partial charge is 0.237 e. The largest absolute Gasteiger partial charge is 0.391 e. The Balaban J connectivity index is 3.69. The molecule has 4 heteroatoms. The standard InChI is InChI=1S/C6H14N2O2/c1-2-3-4(9)5(7)6(8)10/h4-5,9H,2-3,7H2,1H3,(H2,8,10)/t4-,5+/m1/s1. The van der Waals surface area contributed by atoms with Gasteiger partial charge in [0.2, 0.25) is 5.91 Å². The number of carbonyl (C=O) groups is 1. The number of primary amides is 1. The number of nitrogens with two attached hydrogens (primary N) is 2. The van der Waals surface area contributed by atoms with Gasteiger partial charge in [0.05, 0.1) is 6.10 Å². The lowest BCUT2D eigenvalue weighted by Gasteiger charge is -2.13. The van der Waals surface area contributed by atoms with Crippen molar-refractivity contribution >= 4 is 5.91 Å². The molecule has 0 saturated heterocycles. The minimum absolute atomic E-state index is 0.518. The molecule has 0 spiro atoms. The average molecular weight is 146 g/mol. The zero-order chi connectivity index (χ0) is 8.15. The molecule has 1 amide bonds. The van der Waals surface area contributed by atoms with Crippen LogP contribution in [0, 0.1) is 0 Å². The van der Waals surface area contributed by atoms with Crippen LogP contribution in [0.4, 0.5) is 0 Å². The molecule has 4 nitrogen and oxygen atoms in total. The molecule has 0 radical (unpaired) electrons. The summed E-state index contributed by atoms with van der Waals surface area (Å²) < 4.78 is 0. The summed E-state index contributed by atoms with van der Waals surface area (Å²) in [6, 6.07) is -0.917. The molecule has 60 valence electrons. The van der Waals surface area contributed by atoms with Gasteiger partial charge in [-0.25, -0.2) is 0 Å². The second-order valence-electron chi connectivity index (χ2n) is 2.28. The van der Waals surface area contributed by atoms with Crippen LogP contribution < -0.4 is 11.5 Å². The van der Waals surface area contributed by atoms with Crippen LogP contribution in [0.15, 0.2) is 0 Å². The SMILES string of the molecule is CCC[C@@H](O)[C@H](N)C(N)=O. The summed E-state index contributed by atoms with van der Waals surface area (Å²) in [7, 11) is 0.